The monoisotopic (exact) mass is 275 g/mol. The predicted molar refractivity (Wildman–Crippen MR) is 75.5 cm³/mol. The molecule has 98 valence electrons. The summed E-state index contributed by atoms with van der Waals surface area (Å²) in [6.45, 7) is 3.19. The molecule has 1 aromatic heterocycles. The summed E-state index contributed by atoms with van der Waals surface area (Å²) in [6, 6.07) is 7.38. The van der Waals surface area contributed by atoms with Crippen LogP contribution in [0.5, 0.6) is 0 Å². The number of pyridine rings is 1. The molecule has 4 nitrogen and oxygen atoms in total. The third-order valence-corrected chi connectivity index (χ3v) is 3.53. The molecule has 1 aliphatic rings. The molecule has 5 heteroatoms. The van der Waals surface area contributed by atoms with Crippen molar-refractivity contribution in [3.05, 3.63) is 41.0 Å². The molecule has 1 fully saturated rings. The fourth-order valence-corrected chi connectivity index (χ4v) is 2.43. The number of halogens is 1. The molecule has 2 aromatic rings. The summed E-state index contributed by atoms with van der Waals surface area (Å²) in [6.07, 6.45) is 1.63. The number of benzene rings is 1. The fraction of sp³-hybridized carbons (Fsp3) is 0.286. The minimum Gasteiger partial charge on any atom is -0.336 e. The quantitative estimate of drug-likeness (QED) is 0.865. The van der Waals surface area contributed by atoms with E-state index in [2.05, 4.69) is 10.3 Å². The first-order chi connectivity index (χ1) is 9.24. The average molecular weight is 276 g/mol. The van der Waals surface area contributed by atoms with Crippen LogP contribution in [0.3, 0.4) is 0 Å². The Kier molecular flexibility index (Phi) is 3.36. The van der Waals surface area contributed by atoms with Gasteiger partial charge in [0.2, 0.25) is 0 Å². The van der Waals surface area contributed by atoms with Gasteiger partial charge < -0.3 is 10.2 Å². The summed E-state index contributed by atoms with van der Waals surface area (Å²) in [5.41, 5.74) is 1.45. The van der Waals surface area contributed by atoms with E-state index in [1.807, 2.05) is 23.1 Å². The molecule has 1 saturated heterocycles. The standard InChI is InChI=1S/C14H14ClN3O/c15-12-2-1-10-7-11(9-17-13(10)8-12)14(19)18-5-3-16-4-6-18/h1-2,7-9,16H,3-6H2. The lowest BCUT2D eigenvalue weighted by molar-refractivity contribution is 0.0735. The van der Waals surface area contributed by atoms with Crippen molar-refractivity contribution in [2.75, 3.05) is 26.2 Å². The zero-order valence-electron chi connectivity index (χ0n) is 10.4. The molecule has 1 amide bonds. The number of nitrogens with one attached hydrogen (secondary N) is 1. The Morgan fingerprint density at radius 2 is 2.05 bits per heavy atom. The smallest absolute Gasteiger partial charge is 0.255 e. The first kappa shape index (κ1) is 12.4. The van der Waals surface area contributed by atoms with Gasteiger partial charge in [-0.15, -0.1) is 0 Å². The van der Waals surface area contributed by atoms with Gasteiger partial charge in [-0.05, 0) is 18.2 Å². The molecule has 0 bridgehead atoms. The van der Waals surface area contributed by atoms with Crippen LogP contribution in [0.25, 0.3) is 10.9 Å². The third kappa shape index (κ3) is 2.55. The van der Waals surface area contributed by atoms with E-state index >= 15 is 0 Å². The molecule has 0 unspecified atom stereocenters. The normalized spacial score (nSPS) is 15.7. The number of aromatic nitrogens is 1. The van der Waals surface area contributed by atoms with Gasteiger partial charge in [-0.25, -0.2) is 0 Å². The van der Waals surface area contributed by atoms with Crippen LogP contribution in [0.15, 0.2) is 30.5 Å². The van der Waals surface area contributed by atoms with Crippen LogP contribution < -0.4 is 5.32 Å². The van der Waals surface area contributed by atoms with Crippen molar-refractivity contribution in [2.45, 2.75) is 0 Å². The van der Waals surface area contributed by atoms with E-state index in [0.717, 1.165) is 37.1 Å². The molecule has 2 heterocycles. The molecular formula is C14H14ClN3O. The highest BCUT2D eigenvalue weighted by molar-refractivity contribution is 6.31. The van der Waals surface area contributed by atoms with Crippen molar-refractivity contribution in [1.82, 2.24) is 15.2 Å². The van der Waals surface area contributed by atoms with Gasteiger partial charge in [0.25, 0.3) is 5.91 Å². The molecule has 0 saturated carbocycles. The van der Waals surface area contributed by atoms with E-state index < -0.39 is 0 Å². The van der Waals surface area contributed by atoms with Crippen LogP contribution in [0.2, 0.25) is 5.02 Å². The van der Waals surface area contributed by atoms with Crippen LogP contribution in [-0.2, 0) is 0 Å². The second kappa shape index (κ2) is 5.15. The number of piperazine rings is 1. The van der Waals surface area contributed by atoms with Crippen LogP contribution in [-0.4, -0.2) is 42.0 Å². The summed E-state index contributed by atoms with van der Waals surface area (Å²) < 4.78 is 0. The maximum atomic E-state index is 12.3. The summed E-state index contributed by atoms with van der Waals surface area (Å²) in [7, 11) is 0. The molecule has 1 N–H and O–H groups in total. The van der Waals surface area contributed by atoms with Crippen molar-refractivity contribution >= 4 is 28.4 Å². The Labute approximate surface area is 116 Å². The van der Waals surface area contributed by atoms with Crippen LogP contribution in [0.1, 0.15) is 10.4 Å². The van der Waals surface area contributed by atoms with Gasteiger partial charge in [-0.2, -0.15) is 0 Å². The zero-order chi connectivity index (χ0) is 13.2. The van der Waals surface area contributed by atoms with Crippen molar-refractivity contribution in [3.63, 3.8) is 0 Å². The van der Waals surface area contributed by atoms with Crippen LogP contribution >= 0.6 is 11.6 Å². The number of amides is 1. The highest BCUT2D eigenvalue weighted by Crippen LogP contribution is 2.19. The van der Waals surface area contributed by atoms with Gasteiger partial charge in [-0.1, -0.05) is 17.7 Å². The second-order valence-corrected chi connectivity index (χ2v) is 5.04. The molecule has 0 radical (unpaired) electrons. The molecule has 19 heavy (non-hydrogen) atoms. The first-order valence-corrected chi connectivity index (χ1v) is 6.67. The molecule has 1 aromatic carbocycles. The van der Waals surface area contributed by atoms with E-state index in [-0.39, 0.29) is 5.91 Å². The number of carbonyl (C=O) groups excluding carboxylic acids is 1. The van der Waals surface area contributed by atoms with Gasteiger partial charge in [0.15, 0.2) is 0 Å². The minimum absolute atomic E-state index is 0.0471. The molecule has 0 aliphatic carbocycles. The minimum atomic E-state index is 0.0471. The summed E-state index contributed by atoms with van der Waals surface area (Å²) >= 11 is 5.92. The van der Waals surface area contributed by atoms with E-state index in [9.17, 15) is 4.79 Å². The maximum absolute atomic E-state index is 12.3. The summed E-state index contributed by atoms with van der Waals surface area (Å²) in [5.74, 6) is 0.0471. The van der Waals surface area contributed by atoms with Crippen molar-refractivity contribution in [3.8, 4) is 0 Å². The largest absolute Gasteiger partial charge is 0.336 e. The Bertz CT molecular complexity index is 623. The molecule has 0 atom stereocenters. The zero-order valence-corrected chi connectivity index (χ0v) is 11.2. The van der Waals surface area contributed by atoms with Gasteiger partial charge in [0.05, 0.1) is 11.1 Å². The van der Waals surface area contributed by atoms with Gasteiger partial charge in [-0.3, -0.25) is 9.78 Å². The average Bonchev–Trinajstić information content (AvgIpc) is 2.47. The molecule has 1 aliphatic heterocycles. The van der Waals surface area contributed by atoms with E-state index in [1.165, 1.54) is 0 Å². The van der Waals surface area contributed by atoms with E-state index in [4.69, 9.17) is 11.6 Å². The lowest BCUT2D eigenvalue weighted by atomic mass is 10.1. The molecule has 0 spiro atoms. The summed E-state index contributed by atoms with van der Waals surface area (Å²) in [4.78, 5) is 18.5. The Morgan fingerprint density at radius 3 is 2.84 bits per heavy atom. The maximum Gasteiger partial charge on any atom is 0.255 e. The number of hydrogen-bond donors (Lipinski definition) is 1. The molecular weight excluding hydrogens is 262 g/mol. The van der Waals surface area contributed by atoms with Gasteiger partial charge >= 0.3 is 0 Å². The van der Waals surface area contributed by atoms with E-state index in [0.29, 0.717) is 10.6 Å². The first-order valence-electron chi connectivity index (χ1n) is 6.29. The Hall–Kier alpha value is -1.65. The SMILES string of the molecule is O=C(c1cnc2cc(Cl)ccc2c1)N1CCNCC1. The summed E-state index contributed by atoms with van der Waals surface area (Å²) in [5, 5.41) is 4.82. The fourth-order valence-electron chi connectivity index (χ4n) is 2.26. The van der Waals surface area contributed by atoms with Gasteiger partial charge in [0.1, 0.15) is 0 Å². The number of hydrogen-bond acceptors (Lipinski definition) is 3. The number of fused-ring (bicyclic) bond motifs is 1. The molecule has 3 rings (SSSR count). The highest BCUT2D eigenvalue weighted by atomic mass is 35.5. The topological polar surface area (TPSA) is 45.2 Å². The highest BCUT2D eigenvalue weighted by Gasteiger charge is 2.18. The lowest BCUT2D eigenvalue weighted by Crippen LogP contribution is -2.46. The lowest BCUT2D eigenvalue weighted by Gasteiger charge is -2.27. The van der Waals surface area contributed by atoms with Gasteiger partial charge in [0, 0.05) is 42.8 Å². The Morgan fingerprint density at radius 1 is 1.26 bits per heavy atom. The van der Waals surface area contributed by atoms with E-state index in [1.54, 1.807) is 12.3 Å². The number of nitrogens with zero attached hydrogens (tertiary/aromatic N) is 2. The van der Waals surface area contributed by atoms with Crippen molar-refractivity contribution < 1.29 is 4.79 Å². The third-order valence-electron chi connectivity index (χ3n) is 3.30. The number of carbonyl (C=O) groups is 1. The number of rotatable bonds is 1. The Balaban J connectivity index is 1.92. The van der Waals surface area contributed by atoms with Crippen LogP contribution in [0.4, 0.5) is 0 Å². The second-order valence-electron chi connectivity index (χ2n) is 4.60. The van der Waals surface area contributed by atoms with Crippen molar-refractivity contribution in [2.24, 2.45) is 0 Å². The van der Waals surface area contributed by atoms with Crippen molar-refractivity contribution in [1.29, 1.82) is 0 Å². The predicted octanol–water partition coefficient (Wildman–Crippen LogP) is 1.93. The van der Waals surface area contributed by atoms with Crippen LogP contribution in [0, 0.1) is 0 Å².